The Morgan fingerprint density at radius 1 is 1.70 bits per heavy atom. The van der Waals surface area contributed by atoms with E-state index in [1.807, 2.05) is 0 Å². The minimum absolute atomic E-state index is 0.332. The lowest BCUT2D eigenvalue weighted by Crippen LogP contribution is -2.23. The van der Waals surface area contributed by atoms with Crippen LogP contribution in [0.4, 0.5) is 0 Å². The minimum Gasteiger partial charge on any atom is -0.379 e. The molecule has 1 rings (SSSR count). The molecule has 0 aromatic carbocycles. The second kappa shape index (κ2) is 4.66. The molecule has 0 saturated carbocycles. The van der Waals surface area contributed by atoms with Gasteiger partial charge in [0.2, 0.25) is 0 Å². The van der Waals surface area contributed by atoms with Crippen molar-refractivity contribution in [2.75, 3.05) is 26.5 Å². The second-order valence-corrected chi connectivity index (χ2v) is 2.40. The van der Waals surface area contributed by atoms with Gasteiger partial charge in [-0.1, -0.05) is 6.92 Å². The lowest BCUT2D eigenvalue weighted by atomic mass is 10.3. The highest BCUT2D eigenvalue weighted by Crippen LogP contribution is 2.06. The van der Waals surface area contributed by atoms with E-state index in [4.69, 9.17) is 9.47 Å². The van der Waals surface area contributed by atoms with Crippen LogP contribution in [-0.2, 0) is 9.47 Å². The molecule has 60 valence electrons. The van der Waals surface area contributed by atoms with Gasteiger partial charge in [0, 0.05) is 6.61 Å². The van der Waals surface area contributed by atoms with Gasteiger partial charge < -0.3 is 9.47 Å². The Bertz CT molecular complexity index is 81.7. The van der Waals surface area contributed by atoms with Gasteiger partial charge in [-0.3, -0.25) is 5.32 Å². The van der Waals surface area contributed by atoms with Crippen LogP contribution in [0, 0.1) is 0 Å². The lowest BCUT2D eigenvalue weighted by molar-refractivity contribution is 0.0327. The highest BCUT2D eigenvalue weighted by atomic mass is 16.5. The van der Waals surface area contributed by atoms with Crippen molar-refractivity contribution in [2.24, 2.45) is 0 Å². The van der Waals surface area contributed by atoms with E-state index in [1.165, 1.54) is 0 Å². The van der Waals surface area contributed by atoms with E-state index in [0.29, 0.717) is 12.8 Å². The van der Waals surface area contributed by atoms with Gasteiger partial charge in [-0.05, 0) is 13.0 Å². The average molecular weight is 145 g/mol. The zero-order chi connectivity index (χ0) is 7.23. The fourth-order valence-corrected chi connectivity index (χ4v) is 0.923. The zero-order valence-corrected chi connectivity index (χ0v) is 6.43. The van der Waals surface area contributed by atoms with Gasteiger partial charge in [-0.2, -0.15) is 0 Å². The molecule has 0 spiro atoms. The van der Waals surface area contributed by atoms with E-state index in [0.717, 1.165) is 26.2 Å². The fraction of sp³-hybridized carbons (Fsp3) is 1.00. The van der Waals surface area contributed by atoms with Crippen molar-refractivity contribution in [1.82, 2.24) is 5.32 Å². The summed E-state index contributed by atoms with van der Waals surface area (Å²) in [5, 5.41) is 3.10. The number of rotatable bonds is 4. The topological polar surface area (TPSA) is 30.5 Å². The molecule has 0 aromatic heterocycles. The first-order valence-corrected chi connectivity index (χ1v) is 3.83. The third-order valence-corrected chi connectivity index (χ3v) is 1.56. The molecule has 10 heavy (non-hydrogen) atoms. The summed E-state index contributed by atoms with van der Waals surface area (Å²) in [6.07, 6.45) is 1.38. The Morgan fingerprint density at radius 3 is 3.20 bits per heavy atom. The van der Waals surface area contributed by atoms with Crippen LogP contribution in [0.3, 0.4) is 0 Å². The predicted molar refractivity (Wildman–Crippen MR) is 38.9 cm³/mol. The monoisotopic (exact) mass is 145 g/mol. The van der Waals surface area contributed by atoms with Gasteiger partial charge in [-0.25, -0.2) is 0 Å². The van der Waals surface area contributed by atoms with E-state index in [2.05, 4.69) is 12.2 Å². The predicted octanol–water partition coefficient (Wildman–Crippen LogP) is 0.359. The summed E-state index contributed by atoms with van der Waals surface area (Å²) in [6, 6.07) is 0. The molecule has 0 aliphatic carbocycles. The molecule has 1 heterocycles. The van der Waals surface area contributed by atoms with Gasteiger partial charge in [0.25, 0.3) is 0 Å². The van der Waals surface area contributed by atoms with Gasteiger partial charge in [-0.15, -0.1) is 0 Å². The van der Waals surface area contributed by atoms with Crippen LogP contribution < -0.4 is 5.32 Å². The molecule has 1 aliphatic rings. The van der Waals surface area contributed by atoms with Crippen molar-refractivity contribution in [3.8, 4) is 0 Å². The van der Waals surface area contributed by atoms with E-state index >= 15 is 0 Å². The normalized spacial score (nSPS) is 25.5. The molecule has 1 aliphatic heterocycles. The molecule has 3 nitrogen and oxygen atoms in total. The molecule has 0 bridgehead atoms. The van der Waals surface area contributed by atoms with Crippen LogP contribution in [0.15, 0.2) is 0 Å². The first-order valence-electron chi connectivity index (χ1n) is 3.83. The molecule has 0 amide bonds. The Labute approximate surface area is 61.7 Å². The number of nitrogens with one attached hydrogen (secondary N) is 1. The van der Waals surface area contributed by atoms with Crippen molar-refractivity contribution in [1.29, 1.82) is 0 Å². The number of hydrogen-bond donors (Lipinski definition) is 1. The largest absolute Gasteiger partial charge is 0.379 e. The summed E-state index contributed by atoms with van der Waals surface area (Å²) in [4.78, 5) is 0. The molecule has 1 fully saturated rings. The van der Waals surface area contributed by atoms with Crippen molar-refractivity contribution in [3.63, 3.8) is 0 Å². The minimum atomic E-state index is 0.332. The van der Waals surface area contributed by atoms with E-state index in [9.17, 15) is 0 Å². The van der Waals surface area contributed by atoms with Crippen LogP contribution >= 0.6 is 0 Å². The average Bonchev–Trinajstić information content (AvgIpc) is 2.41. The Balaban J connectivity index is 1.91. The van der Waals surface area contributed by atoms with Crippen molar-refractivity contribution in [2.45, 2.75) is 19.4 Å². The van der Waals surface area contributed by atoms with Crippen LogP contribution in [0.5, 0.6) is 0 Å². The summed E-state index contributed by atoms with van der Waals surface area (Å²) in [6.45, 7) is 5.31. The first kappa shape index (κ1) is 7.98. The number of hydrogen-bond acceptors (Lipinski definition) is 3. The number of ether oxygens (including phenoxy) is 2. The summed E-state index contributed by atoms with van der Waals surface area (Å²) in [5.74, 6) is 0. The van der Waals surface area contributed by atoms with Gasteiger partial charge in [0.15, 0.2) is 0 Å². The Morgan fingerprint density at radius 2 is 2.60 bits per heavy atom. The lowest BCUT2D eigenvalue weighted by Gasteiger charge is -2.08. The van der Waals surface area contributed by atoms with E-state index in [-0.39, 0.29) is 0 Å². The molecular weight excluding hydrogens is 130 g/mol. The smallest absolute Gasteiger partial charge is 0.0970 e. The zero-order valence-electron chi connectivity index (χ0n) is 6.43. The highest BCUT2D eigenvalue weighted by molar-refractivity contribution is 4.62. The van der Waals surface area contributed by atoms with E-state index in [1.54, 1.807) is 0 Å². The Hall–Kier alpha value is -0.120. The van der Waals surface area contributed by atoms with Crippen molar-refractivity contribution in [3.05, 3.63) is 0 Å². The maximum absolute atomic E-state index is 5.41. The standard InChI is InChI=1S/C7H15NO2/c1-2-8-6-10-7-3-4-9-5-7/h7-8H,2-6H2,1H3. The maximum atomic E-state index is 5.41. The second-order valence-electron chi connectivity index (χ2n) is 2.40. The van der Waals surface area contributed by atoms with E-state index < -0.39 is 0 Å². The third kappa shape index (κ3) is 2.64. The van der Waals surface area contributed by atoms with Crippen LogP contribution in [0.1, 0.15) is 13.3 Å². The maximum Gasteiger partial charge on any atom is 0.0970 e. The highest BCUT2D eigenvalue weighted by Gasteiger charge is 2.14. The van der Waals surface area contributed by atoms with Crippen LogP contribution in [-0.4, -0.2) is 32.6 Å². The Kier molecular flexibility index (Phi) is 3.72. The summed E-state index contributed by atoms with van der Waals surface area (Å²) >= 11 is 0. The van der Waals surface area contributed by atoms with Gasteiger partial charge >= 0.3 is 0 Å². The SMILES string of the molecule is CCNCOC1CCOC1. The molecule has 0 aromatic rings. The molecule has 1 unspecified atom stereocenters. The first-order chi connectivity index (χ1) is 4.93. The quantitative estimate of drug-likeness (QED) is 0.457. The molecule has 1 N–H and O–H groups in total. The van der Waals surface area contributed by atoms with Crippen LogP contribution in [0.2, 0.25) is 0 Å². The van der Waals surface area contributed by atoms with Crippen LogP contribution in [0.25, 0.3) is 0 Å². The third-order valence-electron chi connectivity index (χ3n) is 1.56. The molecule has 0 radical (unpaired) electrons. The molecule has 1 saturated heterocycles. The van der Waals surface area contributed by atoms with Crippen molar-refractivity contribution < 1.29 is 9.47 Å². The fourth-order valence-electron chi connectivity index (χ4n) is 0.923. The molecular formula is C7H15NO2. The summed E-state index contributed by atoms with van der Waals surface area (Å²) < 4.78 is 10.5. The van der Waals surface area contributed by atoms with Gasteiger partial charge in [0.1, 0.15) is 0 Å². The molecule has 3 heteroatoms. The van der Waals surface area contributed by atoms with Gasteiger partial charge in [0.05, 0.1) is 19.4 Å². The molecule has 1 atom stereocenters. The summed E-state index contributed by atoms with van der Waals surface area (Å²) in [5.41, 5.74) is 0. The van der Waals surface area contributed by atoms with Crippen molar-refractivity contribution >= 4 is 0 Å². The summed E-state index contributed by atoms with van der Waals surface area (Å²) in [7, 11) is 0.